The van der Waals surface area contributed by atoms with Gasteiger partial charge in [-0.2, -0.15) is 0 Å². The molecule has 8 heteroatoms. The zero-order chi connectivity index (χ0) is 19.8. The minimum atomic E-state index is -0.922. The lowest BCUT2D eigenvalue weighted by Crippen LogP contribution is -2.49. The Balaban J connectivity index is 0.00000392. The number of benzene rings is 1. The maximum atomic E-state index is 12.5. The highest BCUT2D eigenvalue weighted by molar-refractivity contribution is 5.95. The smallest absolute Gasteiger partial charge is 0.317 e. The first kappa shape index (κ1) is 23.9. The molecule has 1 heterocycles. The van der Waals surface area contributed by atoms with Gasteiger partial charge in [-0.1, -0.05) is 25.1 Å². The van der Waals surface area contributed by atoms with Crippen LogP contribution in [0.1, 0.15) is 42.1 Å². The van der Waals surface area contributed by atoms with E-state index in [0.717, 1.165) is 12.0 Å². The number of nitrogens with zero attached hydrogens (tertiary/aromatic N) is 2. The molecule has 0 aliphatic carbocycles. The van der Waals surface area contributed by atoms with Crippen molar-refractivity contribution in [2.45, 2.75) is 39.2 Å². The Morgan fingerprint density at radius 3 is 2.39 bits per heavy atom. The molecule has 28 heavy (non-hydrogen) atoms. The number of carbonyl (C=O) groups excluding carboxylic acids is 2. The van der Waals surface area contributed by atoms with Crippen LogP contribution in [0.15, 0.2) is 24.3 Å². The van der Waals surface area contributed by atoms with E-state index in [1.54, 1.807) is 9.80 Å². The lowest BCUT2D eigenvalue weighted by Gasteiger charge is -2.33. The van der Waals surface area contributed by atoms with Crippen molar-refractivity contribution in [1.29, 1.82) is 0 Å². The van der Waals surface area contributed by atoms with Crippen LogP contribution in [0.25, 0.3) is 0 Å². The van der Waals surface area contributed by atoms with Gasteiger partial charge in [0.1, 0.15) is 0 Å². The predicted molar refractivity (Wildman–Crippen MR) is 110 cm³/mol. The molecular weight excluding hydrogens is 382 g/mol. The van der Waals surface area contributed by atoms with E-state index in [-0.39, 0.29) is 43.4 Å². The number of carboxylic acid groups (broad SMARTS) is 1. The number of hydrogen-bond donors (Lipinski definition) is 2. The zero-order valence-corrected chi connectivity index (χ0v) is 17.3. The highest BCUT2D eigenvalue weighted by Crippen LogP contribution is 2.13. The second kappa shape index (κ2) is 11.7. The van der Waals surface area contributed by atoms with Crippen molar-refractivity contribution in [3.8, 4) is 0 Å². The number of piperidine rings is 1. The number of likely N-dealkylation sites (tertiary alicyclic amines) is 1. The number of aliphatic carboxylic acids is 1. The van der Waals surface area contributed by atoms with Crippen LogP contribution in [0, 0.1) is 6.92 Å². The first-order valence-corrected chi connectivity index (χ1v) is 9.49. The molecule has 1 aliphatic rings. The van der Waals surface area contributed by atoms with Gasteiger partial charge in [-0.25, -0.2) is 0 Å². The van der Waals surface area contributed by atoms with Crippen LogP contribution in [0.4, 0.5) is 0 Å². The number of amides is 2. The normalized spacial score (nSPS) is 14.5. The van der Waals surface area contributed by atoms with E-state index >= 15 is 0 Å². The summed E-state index contributed by atoms with van der Waals surface area (Å²) in [6.07, 6.45) is 2.21. The maximum Gasteiger partial charge on any atom is 0.317 e. The van der Waals surface area contributed by atoms with Crippen LogP contribution in [0.5, 0.6) is 0 Å². The fourth-order valence-electron chi connectivity index (χ4n) is 3.38. The average Bonchev–Trinajstić information content (AvgIpc) is 2.62. The predicted octanol–water partition coefficient (Wildman–Crippen LogP) is 1.93. The molecule has 0 atom stereocenters. The molecule has 0 radical (unpaired) electrons. The van der Waals surface area contributed by atoms with Gasteiger partial charge in [0.2, 0.25) is 5.91 Å². The Hall–Kier alpha value is -2.12. The number of rotatable bonds is 8. The highest BCUT2D eigenvalue weighted by Gasteiger charge is 2.25. The molecule has 1 aromatic carbocycles. The van der Waals surface area contributed by atoms with E-state index in [1.165, 1.54) is 0 Å². The third kappa shape index (κ3) is 7.13. The van der Waals surface area contributed by atoms with Crippen molar-refractivity contribution >= 4 is 30.2 Å². The quantitative estimate of drug-likeness (QED) is 0.682. The van der Waals surface area contributed by atoms with Gasteiger partial charge in [-0.15, -0.1) is 12.4 Å². The van der Waals surface area contributed by atoms with Crippen LogP contribution < -0.4 is 5.32 Å². The van der Waals surface area contributed by atoms with Crippen LogP contribution in [0.3, 0.4) is 0 Å². The molecule has 0 unspecified atom stereocenters. The minimum Gasteiger partial charge on any atom is -0.480 e. The van der Waals surface area contributed by atoms with Crippen molar-refractivity contribution in [2.75, 3.05) is 32.7 Å². The first-order valence-electron chi connectivity index (χ1n) is 9.49. The molecule has 7 nitrogen and oxygen atoms in total. The van der Waals surface area contributed by atoms with E-state index in [9.17, 15) is 14.4 Å². The number of hydrogen-bond acceptors (Lipinski definition) is 4. The Kier molecular flexibility index (Phi) is 9.96. The van der Waals surface area contributed by atoms with Gasteiger partial charge in [0.15, 0.2) is 0 Å². The van der Waals surface area contributed by atoms with Gasteiger partial charge in [-0.05, 0) is 44.4 Å². The van der Waals surface area contributed by atoms with Crippen molar-refractivity contribution < 1.29 is 19.5 Å². The monoisotopic (exact) mass is 411 g/mol. The molecule has 0 saturated carbocycles. The summed E-state index contributed by atoms with van der Waals surface area (Å²) < 4.78 is 0. The zero-order valence-electron chi connectivity index (χ0n) is 16.5. The summed E-state index contributed by atoms with van der Waals surface area (Å²) in [4.78, 5) is 39.2. The summed E-state index contributed by atoms with van der Waals surface area (Å²) in [5.74, 6) is -1.05. The summed E-state index contributed by atoms with van der Waals surface area (Å²) in [5, 5.41) is 12.0. The number of carbonyl (C=O) groups is 3. The van der Waals surface area contributed by atoms with Crippen LogP contribution in [-0.2, 0) is 9.59 Å². The first-order chi connectivity index (χ1) is 12.9. The molecule has 0 spiro atoms. The number of nitrogens with one attached hydrogen (secondary N) is 1. The Labute approximate surface area is 172 Å². The molecule has 1 saturated heterocycles. The van der Waals surface area contributed by atoms with Crippen LogP contribution in [0.2, 0.25) is 0 Å². The van der Waals surface area contributed by atoms with Crippen molar-refractivity contribution in [2.24, 2.45) is 0 Å². The van der Waals surface area contributed by atoms with Crippen molar-refractivity contribution in [3.63, 3.8) is 0 Å². The number of aryl methyl sites for hydroxylation is 1. The highest BCUT2D eigenvalue weighted by atomic mass is 35.5. The van der Waals surface area contributed by atoms with Crippen molar-refractivity contribution in [1.82, 2.24) is 15.1 Å². The van der Waals surface area contributed by atoms with Crippen LogP contribution >= 0.6 is 12.4 Å². The van der Waals surface area contributed by atoms with E-state index < -0.39 is 5.97 Å². The number of halogens is 1. The fourth-order valence-corrected chi connectivity index (χ4v) is 3.38. The minimum absolute atomic E-state index is 0. The summed E-state index contributed by atoms with van der Waals surface area (Å²) in [7, 11) is 0. The molecule has 1 aliphatic heterocycles. The van der Waals surface area contributed by atoms with Gasteiger partial charge in [0, 0.05) is 24.7 Å². The fraction of sp³-hybridized carbons (Fsp3) is 0.550. The van der Waals surface area contributed by atoms with Gasteiger partial charge >= 0.3 is 5.97 Å². The van der Waals surface area contributed by atoms with Gasteiger partial charge in [0.05, 0.1) is 13.1 Å². The third-order valence-corrected chi connectivity index (χ3v) is 4.83. The summed E-state index contributed by atoms with van der Waals surface area (Å²) in [6.45, 7) is 5.61. The third-order valence-electron chi connectivity index (χ3n) is 4.83. The van der Waals surface area contributed by atoms with E-state index in [0.29, 0.717) is 38.0 Å². The Morgan fingerprint density at radius 1 is 1.18 bits per heavy atom. The largest absolute Gasteiger partial charge is 0.480 e. The molecule has 0 aromatic heterocycles. The van der Waals surface area contributed by atoms with Crippen LogP contribution in [-0.4, -0.2) is 71.5 Å². The molecule has 2 amide bonds. The molecule has 1 aromatic rings. The summed E-state index contributed by atoms with van der Waals surface area (Å²) in [5.41, 5.74) is 1.62. The SMILES string of the molecule is CCCN(CC(=O)O)CC(=O)N1CCC(NC(=O)c2ccccc2C)CC1.Cl. The van der Waals surface area contributed by atoms with Gasteiger partial charge < -0.3 is 15.3 Å². The summed E-state index contributed by atoms with van der Waals surface area (Å²) in [6, 6.07) is 7.53. The molecule has 156 valence electrons. The molecule has 0 bridgehead atoms. The lowest BCUT2D eigenvalue weighted by atomic mass is 10.0. The topological polar surface area (TPSA) is 90.0 Å². The maximum absolute atomic E-state index is 12.5. The van der Waals surface area contributed by atoms with Gasteiger partial charge in [0.25, 0.3) is 5.91 Å². The standard InChI is InChI=1S/C20H29N3O4.ClH/c1-3-10-22(14-19(25)26)13-18(24)23-11-8-16(9-12-23)21-20(27)17-7-5-4-6-15(17)2;/h4-7,16H,3,8-14H2,1-2H3,(H,21,27)(H,25,26);1H. The second-order valence-corrected chi connectivity index (χ2v) is 7.05. The second-order valence-electron chi connectivity index (χ2n) is 7.05. The Bertz CT molecular complexity index is 675. The molecule has 2 rings (SSSR count). The molecule has 2 N–H and O–H groups in total. The average molecular weight is 412 g/mol. The molecular formula is C20H30ClN3O4. The van der Waals surface area contributed by atoms with Gasteiger partial charge in [-0.3, -0.25) is 19.3 Å². The Morgan fingerprint density at radius 2 is 1.82 bits per heavy atom. The lowest BCUT2D eigenvalue weighted by molar-refractivity contribution is -0.140. The van der Waals surface area contributed by atoms with E-state index in [2.05, 4.69) is 5.32 Å². The van der Waals surface area contributed by atoms with E-state index in [1.807, 2.05) is 38.1 Å². The van der Waals surface area contributed by atoms with E-state index in [4.69, 9.17) is 5.11 Å². The van der Waals surface area contributed by atoms with Crippen molar-refractivity contribution in [3.05, 3.63) is 35.4 Å². The summed E-state index contributed by atoms with van der Waals surface area (Å²) >= 11 is 0. The number of carboxylic acids is 1. The molecule has 1 fully saturated rings.